The van der Waals surface area contributed by atoms with Crippen molar-refractivity contribution < 1.29 is 44.7 Å². The number of aromatic nitrogens is 1. The van der Waals surface area contributed by atoms with Gasteiger partial charge in [0.25, 0.3) is 0 Å². The molecule has 0 aliphatic carbocycles. The highest BCUT2D eigenvalue weighted by molar-refractivity contribution is 8.00. The monoisotopic (exact) mass is 448 g/mol. The number of alkyl carbamates (subject to hydrolysis) is 1. The Bertz CT molecular complexity index is 876. The van der Waals surface area contributed by atoms with Gasteiger partial charge >= 0.3 is 30.3 Å². The second-order valence-electron chi connectivity index (χ2n) is 5.58. The highest BCUT2D eigenvalue weighted by atomic mass is 32.2. The van der Waals surface area contributed by atoms with E-state index in [0.717, 1.165) is 0 Å². The number of alkyl halides is 8. The topological polar surface area (TPSA) is 51.2 Å². The van der Waals surface area contributed by atoms with E-state index in [9.17, 15) is 39.9 Å². The number of pyridine rings is 1. The van der Waals surface area contributed by atoms with Gasteiger partial charge in [-0.3, -0.25) is 4.98 Å². The van der Waals surface area contributed by atoms with Crippen LogP contribution in [0.25, 0.3) is 10.9 Å². The lowest BCUT2D eigenvalue weighted by Gasteiger charge is -2.36. The number of amides is 1. The molecule has 0 radical (unpaired) electrons. The van der Waals surface area contributed by atoms with Crippen LogP contribution in [0, 0.1) is 0 Å². The van der Waals surface area contributed by atoms with Crippen molar-refractivity contribution in [3.63, 3.8) is 0 Å². The number of fused-ring (bicyclic) bond motifs is 1. The van der Waals surface area contributed by atoms with Gasteiger partial charge < -0.3 is 10.1 Å². The maximum atomic E-state index is 14.4. The largest absolute Gasteiger partial charge is 0.453 e. The fourth-order valence-corrected chi connectivity index (χ4v) is 3.35. The molecular weight excluding hydrogens is 436 g/mol. The van der Waals surface area contributed by atoms with E-state index in [2.05, 4.69) is 9.72 Å². The predicted molar refractivity (Wildman–Crippen MR) is 87.8 cm³/mol. The van der Waals surface area contributed by atoms with Crippen molar-refractivity contribution in [2.75, 3.05) is 7.11 Å². The van der Waals surface area contributed by atoms with Crippen molar-refractivity contribution in [2.24, 2.45) is 0 Å². The van der Waals surface area contributed by atoms with Crippen LogP contribution in [0.4, 0.5) is 39.9 Å². The predicted octanol–water partition coefficient (Wildman–Crippen LogP) is 5.18. The Labute approximate surface area is 162 Å². The van der Waals surface area contributed by atoms with Crippen LogP contribution >= 0.6 is 11.8 Å². The van der Waals surface area contributed by atoms with E-state index >= 15 is 0 Å². The third-order valence-corrected chi connectivity index (χ3v) is 4.98. The second kappa shape index (κ2) is 8.20. The van der Waals surface area contributed by atoms with E-state index in [0.29, 0.717) is 7.11 Å². The number of ether oxygens (including phenoxy) is 1. The zero-order valence-corrected chi connectivity index (χ0v) is 15.1. The first-order chi connectivity index (χ1) is 13.4. The maximum Gasteiger partial charge on any atom is 0.407 e. The number of carbonyl (C=O) groups is 1. The van der Waals surface area contributed by atoms with Gasteiger partial charge in [0.2, 0.25) is 0 Å². The molecule has 1 amide bonds. The molecule has 2 aromatic rings. The van der Waals surface area contributed by atoms with Gasteiger partial charge in [-0.1, -0.05) is 23.9 Å². The number of halogens is 8. The quantitative estimate of drug-likeness (QED) is 0.360. The van der Waals surface area contributed by atoms with E-state index < -0.39 is 35.7 Å². The number of nitrogens with one attached hydrogen (secondary N) is 1. The highest BCUT2D eigenvalue weighted by Gasteiger charge is 2.77. The lowest BCUT2D eigenvalue weighted by Crippen LogP contribution is -2.64. The summed E-state index contributed by atoms with van der Waals surface area (Å²) in [5, 5.41) is -1.60. The molecule has 0 fully saturated rings. The first-order valence-corrected chi connectivity index (χ1v) is 8.50. The average Bonchev–Trinajstić information content (AvgIpc) is 2.67. The zero-order valence-electron chi connectivity index (χ0n) is 14.3. The fraction of sp³-hybridized carbons (Fsp3) is 0.375. The van der Waals surface area contributed by atoms with Crippen LogP contribution in [-0.2, 0) is 4.74 Å². The number of rotatable bonds is 7. The van der Waals surface area contributed by atoms with E-state index in [1.54, 1.807) is 0 Å². The molecule has 1 aromatic carbocycles. The normalized spacial score (nSPS) is 14.1. The van der Waals surface area contributed by atoms with Gasteiger partial charge in [0.05, 0.1) is 12.6 Å². The summed E-state index contributed by atoms with van der Waals surface area (Å²) in [6.07, 6.45) is -5.38. The van der Waals surface area contributed by atoms with Crippen molar-refractivity contribution in [2.45, 2.75) is 34.5 Å². The standard InChI is InChI=1S/C16H12F8N2O2S/c1-28-13(27)26-12(15(21,22)16(23,24)14(19,20)11(17)18)29-10-6-2-5-9-8(10)4-3-7-25-9/h2-7,11-12H,1H3,(H,26,27)/t12-/m0/s1. The van der Waals surface area contributed by atoms with Crippen LogP contribution in [0.3, 0.4) is 0 Å². The zero-order chi connectivity index (χ0) is 22.0. The molecule has 0 bridgehead atoms. The Morgan fingerprint density at radius 3 is 2.31 bits per heavy atom. The van der Waals surface area contributed by atoms with Gasteiger partial charge in [-0.15, -0.1) is 0 Å². The van der Waals surface area contributed by atoms with Crippen molar-refractivity contribution in [3.05, 3.63) is 36.5 Å². The first kappa shape index (κ1) is 23.0. The van der Waals surface area contributed by atoms with Crippen molar-refractivity contribution in [1.82, 2.24) is 10.3 Å². The summed E-state index contributed by atoms with van der Waals surface area (Å²) in [6.45, 7) is 0. The molecule has 1 aromatic heterocycles. The van der Waals surface area contributed by atoms with E-state index in [1.165, 1.54) is 41.8 Å². The molecule has 29 heavy (non-hydrogen) atoms. The molecule has 1 atom stereocenters. The Hall–Kier alpha value is -2.31. The van der Waals surface area contributed by atoms with Crippen LogP contribution in [0.15, 0.2) is 41.4 Å². The number of hydrogen-bond donors (Lipinski definition) is 1. The summed E-state index contributed by atoms with van der Waals surface area (Å²) >= 11 is -0.137. The smallest absolute Gasteiger partial charge is 0.407 e. The van der Waals surface area contributed by atoms with Crippen LogP contribution in [0.1, 0.15) is 0 Å². The first-order valence-electron chi connectivity index (χ1n) is 7.62. The average molecular weight is 448 g/mol. The minimum atomic E-state index is -6.50. The van der Waals surface area contributed by atoms with Gasteiger partial charge in [-0.05, 0) is 18.2 Å². The summed E-state index contributed by atoms with van der Waals surface area (Å²) in [5.74, 6) is -18.7. The molecule has 1 heterocycles. The Balaban J connectivity index is 2.53. The fourth-order valence-electron chi connectivity index (χ4n) is 2.19. The molecule has 1 N–H and O–H groups in total. The SMILES string of the molecule is COC(=O)N[C@@H](Sc1cccc2ncccc12)C(F)(F)C(F)(F)C(F)(F)C(F)F. The summed E-state index contributed by atoms with van der Waals surface area (Å²) < 4.78 is 112. The Morgan fingerprint density at radius 2 is 1.72 bits per heavy atom. The summed E-state index contributed by atoms with van der Waals surface area (Å²) in [7, 11) is 0.711. The third-order valence-electron chi connectivity index (χ3n) is 3.73. The molecule has 2 rings (SSSR count). The van der Waals surface area contributed by atoms with Crippen LogP contribution in [0.2, 0.25) is 0 Å². The maximum absolute atomic E-state index is 14.4. The summed E-state index contributed by atoms with van der Waals surface area (Å²) in [5.41, 5.74) is 0.252. The molecule has 4 nitrogen and oxygen atoms in total. The molecule has 0 spiro atoms. The number of methoxy groups -OCH3 is 1. The molecular formula is C16H12F8N2O2S. The molecule has 160 valence electrons. The number of thioether (sulfide) groups is 1. The molecule has 0 unspecified atom stereocenters. The number of carbonyl (C=O) groups excluding carboxylic acids is 1. The second-order valence-corrected chi connectivity index (χ2v) is 6.73. The van der Waals surface area contributed by atoms with Crippen molar-refractivity contribution in [1.29, 1.82) is 0 Å². The Kier molecular flexibility index (Phi) is 6.50. The summed E-state index contributed by atoms with van der Waals surface area (Å²) in [6, 6.07) is 6.73. The van der Waals surface area contributed by atoms with Crippen molar-refractivity contribution in [3.8, 4) is 0 Å². The number of benzene rings is 1. The van der Waals surface area contributed by atoms with Crippen LogP contribution in [0.5, 0.6) is 0 Å². The summed E-state index contributed by atoms with van der Waals surface area (Å²) in [4.78, 5) is 15.1. The molecule has 0 saturated carbocycles. The minimum absolute atomic E-state index is 0.137. The van der Waals surface area contributed by atoms with Gasteiger partial charge in [0.1, 0.15) is 0 Å². The number of nitrogens with zero attached hydrogens (tertiary/aromatic N) is 1. The van der Waals surface area contributed by atoms with E-state index in [4.69, 9.17) is 0 Å². The Morgan fingerprint density at radius 1 is 1.07 bits per heavy atom. The lowest BCUT2D eigenvalue weighted by atomic mass is 10.0. The lowest BCUT2D eigenvalue weighted by molar-refractivity contribution is -0.338. The minimum Gasteiger partial charge on any atom is -0.453 e. The highest BCUT2D eigenvalue weighted by Crippen LogP contribution is 2.52. The van der Waals surface area contributed by atoms with Crippen molar-refractivity contribution >= 4 is 28.8 Å². The number of hydrogen-bond acceptors (Lipinski definition) is 4. The molecule has 0 aliphatic rings. The van der Waals surface area contributed by atoms with E-state index in [1.807, 2.05) is 0 Å². The van der Waals surface area contributed by atoms with Crippen LogP contribution in [-0.4, -0.2) is 47.8 Å². The third kappa shape index (κ3) is 4.19. The molecule has 0 saturated heterocycles. The van der Waals surface area contributed by atoms with Gasteiger partial charge in [0, 0.05) is 16.5 Å². The van der Waals surface area contributed by atoms with Gasteiger partial charge in [-0.25, -0.2) is 13.6 Å². The van der Waals surface area contributed by atoms with Crippen LogP contribution < -0.4 is 5.32 Å². The van der Waals surface area contributed by atoms with Gasteiger partial charge in [-0.2, -0.15) is 26.3 Å². The molecule has 13 heteroatoms. The van der Waals surface area contributed by atoms with Gasteiger partial charge in [0.15, 0.2) is 5.37 Å². The van der Waals surface area contributed by atoms with E-state index in [-0.39, 0.29) is 27.6 Å². The molecule has 0 aliphatic heterocycles.